The molecule has 0 aliphatic carbocycles. The lowest BCUT2D eigenvalue weighted by atomic mass is 10.0. The number of quaternary nitrogens is 1. The highest BCUT2D eigenvalue weighted by molar-refractivity contribution is 5.15. The lowest BCUT2D eigenvalue weighted by Crippen LogP contribution is -3.00. The van der Waals surface area contributed by atoms with E-state index in [9.17, 15) is 0 Å². The van der Waals surface area contributed by atoms with Crippen molar-refractivity contribution in [3.63, 3.8) is 0 Å². The summed E-state index contributed by atoms with van der Waals surface area (Å²) >= 11 is 0. The summed E-state index contributed by atoms with van der Waals surface area (Å²) in [6.07, 6.45) is 19.5. The number of unbranched alkanes of at least 4 members (excludes halogenated alkanes) is 12. The van der Waals surface area contributed by atoms with Gasteiger partial charge in [0.15, 0.2) is 0 Å². The molecular formula is C32H52IN. The Labute approximate surface area is 229 Å². The molecule has 0 N–H and O–H groups in total. The van der Waals surface area contributed by atoms with E-state index in [2.05, 4.69) is 74.5 Å². The molecule has 0 heterocycles. The first-order valence-corrected chi connectivity index (χ1v) is 14.2. The second-order valence-corrected chi connectivity index (χ2v) is 10.3. The molecule has 0 fully saturated rings. The maximum absolute atomic E-state index is 2.34. The van der Waals surface area contributed by atoms with E-state index in [0.717, 1.165) is 0 Å². The van der Waals surface area contributed by atoms with Crippen LogP contribution < -0.4 is 24.0 Å². The van der Waals surface area contributed by atoms with Gasteiger partial charge in [0.1, 0.15) is 13.1 Å². The van der Waals surface area contributed by atoms with E-state index in [0.29, 0.717) is 0 Å². The van der Waals surface area contributed by atoms with Gasteiger partial charge in [-0.2, -0.15) is 0 Å². The van der Waals surface area contributed by atoms with Gasteiger partial charge in [0.05, 0.1) is 13.1 Å². The zero-order valence-corrected chi connectivity index (χ0v) is 24.5. The lowest BCUT2D eigenvalue weighted by molar-refractivity contribution is -0.954. The smallest absolute Gasteiger partial charge is 0.105 e. The maximum atomic E-state index is 2.34. The van der Waals surface area contributed by atoms with Crippen LogP contribution in [0.1, 0.15) is 115 Å². The van der Waals surface area contributed by atoms with Crippen LogP contribution >= 0.6 is 0 Å². The third-order valence-corrected chi connectivity index (χ3v) is 7.19. The van der Waals surface area contributed by atoms with E-state index >= 15 is 0 Å². The molecule has 2 aromatic rings. The minimum Gasteiger partial charge on any atom is -1.00 e. The van der Waals surface area contributed by atoms with Gasteiger partial charge >= 0.3 is 0 Å². The monoisotopic (exact) mass is 577 g/mol. The largest absolute Gasteiger partial charge is 1.00 e. The fraction of sp³-hybridized carbons (Fsp3) is 0.625. The summed E-state index contributed by atoms with van der Waals surface area (Å²) in [5, 5.41) is 0. The van der Waals surface area contributed by atoms with Gasteiger partial charge in [0.2, 0.25) is 0 Å². The van der Waals surface area contributed by atoms with Crippen LogP contribution in [0.5, 0.6) is 0 Å². The maximum Gasteiger partial charge on any atom is 0.105 e. The molecule has 0 bridgehead atoms. The van der Waals surface area contributed by atoms with Crippen LogP contribution in [0.25, 0.3) is 0 Å². The van der Waals surface area contributed by atoms with Gasteiger partial charge in [0.25, 0.3) is 0 Å². The Morgan fingerprint density at radius 2 is 0.765 bits per heavy atom. The van der Waals surface area contributed by atoms with Crippen LogP contribution in [0.3, 0.4) is 0 Å². The Balaban J connectivity index is 0.00000578. The van der Waals surface area contributed by atoms with Crippen LogP contribution in [0.15, 0.2) is 60.7 Å². The van der Waals surface area contributed by atoms with Gasteiger partial charge in [-0.05, 0) is 25.7 Å². The van der Waals surface area contributed by atoms with Crippen LogP contribution in [-0.4, -0.2) is 17.6 Å². The van der Waals surface area contributed by atoms with Crippen LogP contribution in [0.2, 0.25) is 0 Å². The summed E-state index contributed by atoms with van der Waals surface area (Å²) in [6.45, 7) is 9.58. The molecule has 0 saturated heterocycles. The predicted molar refractivity (Wildman–Crippen MR) is 146 cm³/mol. The minimum absolute atomic E-state index is 0. The Bertz CT molecular complexity index is 623. The average molecular weight is 578 g/mol. The zero-order valence-electron chi connectivity index (χ0n) is 22.3. The fourth-order valence-corrected chi connectivity index (χ4v) is 5.23. The first-order valence-electron chi connectivity index (χ1n) is 14.2. The van der Waals surface area contributed by atoms with Crippen molar-refractivity contribution in [1.82, 2.24) is 0 Å². The highest BCUT2D eigenvalue weighted by atomic mass is 127. The third kappa shape index (κ3) is 13.9. The molecule has 34 heavy (non-hydrogen) atoms. The summed E-state index contributed by atoms with van der Waals surface area (Å²) in [5.74, 6) is 0. The van der Waals surface area contributed by atoms with Crippen LogP contribution in [0.4, 0.5) is 0 Å². The average Bonchev–Trinajstić information content (AvgIpc) is 2.84. The molecule has 0 aliphatic rings. The molecule has 192 valence electrons. The molecule has 0 unspecified atom stereocenters. The van der Waals surface area contributed by atoms with Crippen molar-refractivity contribution in [3.8, 4) is 0 Å². The summed E-state index contributed by atoms with van der Waals surface area (Å²) < 4.78 is 1.22. The van der Waals surface area contributed by atoms with Crippen molar-refractivity contribution in [2.75, 3.05) is 13.1 Å². The van der Waals surface area contributed by atoms with Crippen molar-refractivity contribution in [2.45, 2.75) is 117 Å². The highest BCUT2D eigenvalue weighted by Crippen LogP contribution is 2.24. The molecule has 0 aliphatic heterocycles. The molecule has 2 heteroatoms. The number of halogens is 1. The molecule has 2 aromatic carbocycles. The zero-order chi connectivity index (χ0) is 23.5. The fourth-order valence-electron chi connectivity index (χ4n) is 5.23. The lowest BCUT2D eigenvalue weighted by Gasteiger charge is -2.39. The van der Waals surface area contributed by atoms with Crippen molar-refractivity contribution < 1.29 is 28.5 Å². The predicted octanol–water partition coefficient (Wildman–Crippen LogP) is 6.71. The van der Waals surface area contributed by atoms with Gasteiger partial charge in [-0.15, -0.1) is 0 Å². The molecule has 2 rings (SSSR count). The Morgan fingerprint density at radius 3 is 1.12 bits per heavy atom. The van der Waals surface area contributed by atoms with E-state index in [1.807, 2.05) is 0 Å². The van der Waals surface area contributed by atoms with E-state index < -0.39 is 0 Å². The van der Waals surface area contributed by atoms with E-state index in [4.69, 9.17) is 0 Å². The van der Waals surface area contributed by atoms with E-state index in [1.54, 1.807) is 0 Å². The molecule has 1 nitrogen and oxygen atoms in total. The van der Waals surface area contributed by atoms with Gasteiger partial charge in [-0.1, -0.05) is 139 Å². The molecule has 0 radical (unpaired) electrons. The molecule has 0 aromatic heterocycles. The van der Waals surface area contributed by atoms with Gasteiger partial charge in [-0.25, -0.2) is 0 Å². The van der Waals surface area contributed by atoms with Crippen LogP contribution in [-0.2, 0) is 13.1 Å². The van der Waals surface area contributed by atoms with Crippen LogP contribution in [0, 0.1) is 0 Å². The van der Waals surface area contributed by atoms with Crippen molar-refractivity contribution in [2.24, 2.45) is 0 Å². The van der Waals surface area contributed by atoms with Crippen molar-refractivity contribution >= 4 is 0 Å². The summed E-state index contributed by atoms with van der Waals surface area (Å²) in [5.41, 5.74) is 3.00. The molecular weight excluding hydrogens is 525 g/mol. The topological polar surface area (TPSA) is 0 Å². The first-order chi connectivity index (χ1) is 16.3. The van der Waals surface area contributed by atoms with E-state index in [1.165, 1.54) is 132 Å². The quantitative estimate of drug-likeness (QED) is 0.0933. The Kier molecular flexibility index (Phi) is 18.6. The number of rotatable bonds is 20. The number of benzene rings is 2. The van der Waals surface area contributed by atoms with Crippen molar-refractivity contribution in [1.29, 1.82) is 0 Å². The number of hydrogen-bond donors (Lipinski definition) is 0. The SMILES string of the molecule is CCCCCCCCC[N+](CCCCCCCCC)(Cc1ccccc1)Cc1ccccc1.[I-]. The number of nitrogens with zero attached hydrogens (tertiary/aromatic N) is 1. The van der Waals surface area contributed by atoms with Gasteiger partial charge in [0, 0.05) is 11.1 Å². The second-order valence-electron chi connectivity index (χ2n) is 10.3. The van der Waals surface area contributed by atoms with Gasteiger partial charge < -0.3 is 28.5 Å². The molecule has 0 spiro atoms. The highest BCUT2D eigenvalue weighted by Gasteiger charge is 2.27. The summed E-state index contributed by atoms with van der Waals surface area (Å²) in [7, 11) is 0. The summed E-state index contributed by atoms with van der Waals surface area (Å²) in [6, 6.07) is 22.5. The second kappa shape index (κ2) is 20.3. The Hall–Kier alpha value is -0.870. The van der Waals surface area contributed by atoms with E-state index in [-0.39, 0.29) is 24.0 Å². The van der Waals surface area contributed by atoms with Gasteiger partial charge in [-0.3, -0.25) is 0 Å². The standard InChI is InChI=1S/C32H52N.HI/c1-3-5-7-9-11-13-21-27-33(29-31-23-17-15-18-24-31,30-32-25-19-16-20-26-32)28-22-14-12-10-8-6-4-2;/h15-20,23-26H,3-14,21-22,27-30H2,1-2H3;1H/q+1;/p-1. The molecule has 0 saturated carbocycles. The number of hydrogen-bond acceptors (Lipinski definition) is 0. The normalized spacial score (nSPS) is 11.4. The Morgan fingerprint density at radius 1 is 0.441 bits per heavy atom. The molecule has 0 atom stereocenters. The first kappa shape index (κ1) is 31.2. The molecule has 0 amide bonds. The summed E-state index contributed by atoms with van der Waals surface area (Å²) in [4.78, 5) is 0. The third-order valence-electron chi connectivity index (χ3n) is 7.19. The van der Waals surface area contributed by atoms with Crippen molar-refractivity contribution in [3.05, 3.63) is 71.8 Å². The minimum atomic E-state index is 0.